The Bertz CT molecular complexity index is 390. The Morgan fingerprint density at radius 2 is 2.00 bits per heavy atom. The summed E-state index contributed by atoms with van der Waals surface area (Å²) in [5.41, 5.74) is 6.41. The lowest BCUT2D eigenvalue weighted by molar-refractivity contribution is 0.205. The standard InChI is InChI=1S/C15H24N2O2/c1-18-15-12-13(6-7-14(15)16)19-11-5-10-17-8-3-2-4-9-17/h6-7,12H,2-5,8-11,16H2,1H3. The minimum Gasteiger partial charge on any atom is -0.494 e. The summed E-state index contributed by atoms with van der Waals surface area (Å²) in [4.78, 5) is 2.52. The Hall–Kier alpha value is -1.42. The first kappa shape index (κ1) is 14.0. The molecule has 0 atom stereocenters. The highest BCUT2D eigenvalue weighted by atomic mass is 16.5. The zero-order valence-electron chi connectivity index (χ0n) is 11.7. The lowest BCUT2D eigenvalue weighted by Gasteiger charge is -2.26. The number of methoxy groups -OCH3 is 1. The second-order valence-electron chi connectivity index (χ2n) is 5.01. The fraction of sp³-hybridized carbons (Fsp3) is 0.600. The second kappa shape index (κ2) is 7.24. The predicted molar refractivity (Wildman–Crippen MR) is 77.8 cm³/mol. The molecule has 4 nitrogen and oxygen atoms in total. The number of rotatable bonds is 6. The molecule has 1 aromatic carbocycles. The monoisotopic (exact) mass is 264 g/mol. The normalized spacial score (nSPS) is 16.3. The van der Waals surface area contributed by atoms with Crippen molar-refractivity contribution in [2.75, 3.05) is 39.1 Å². The zero-order valence-corrected chi connectivity index (χ0v) is 11.7. The van der Waals surface area contributed by atoms with Crippen LogP contribution < -0.4 is 15.2 Å². The van der Waals surface area contributed by atoms with E-state index in [2.05, 4.69) is 4.90 Å². The van der Waals surface area contributed by atoms with Crippen LogP contribution in [0.25, 0.3) is 0 Å². The summed E-state index contributed by atoms with van der Waals surface area (Å²) in [6.45, 7) is 4.36. The van der Waals surface area contributed by atoms with Crippen LogP contribution in [0.1, 0.15) is 25.7 Å². The van der Waals surface area contributed by atoms with Crippen LogP contribution in [0.3, 0.4) is 0 Å². The van der Waals surface area contributed by atoms with E-state index in [0.29, 0.717) is 11.4 Å². The van der Waals surface area contributed by atoms with Gasteiger partial charge in [-0.15, -0.1) is 0 Å². The number of piperidine rings is 1. The molecule has 1 aliphatic heterocycles. The van der Waals surface area contributed by atoms with Gasteiger partial charge in [-0.2, -0.15) is 0 Å². The fourth-order valence-corrected chi connectivity index (χ4v) is 2.44. The third kappa shape index (κ3) is 4.31. The van der Waals surface area contributed by atoms with E-state index in [1.54, 1.807) is 7.11 Å². The summed E-state index contributed by atoms with van der Waals surface area (Å²) in [5.74, 6) is 1.50. The molecule has 1 aromatic rings. The van der Waals surface area contributed by atoms with Gasteiger partial charge in [0.15, 0.2) is 0 Å². The predicted octanol–water partition coefficient (Wildman–Crippen LogP) is 2.53. The van der Waals surface area contributed by atoms with Crippen LogP contribution in [0, 0.1) is 0 Å². The van der Waals surface area contributed by atoms with Crippen LogP contribution in [-0.4, -0.2) is 38.3 Å². The van der Waals surface area contributed by atoms with Crippen molar-refractivity contribution in [2.45, 2.75) is 25.7 Å². The van der Waals surface area contributed by atoms with Crippen molar-refractivity contribution >= 4 is 5.69 Å². The first-order chi connectivity index (χ1) is 9.29. The third-order valence-electron chi connectivity index (χ3n) is 3.54. The van der Waals surface area contributed by atoms with Crippen molar-refractivity contribution in [3.63, 3.8) is 0 Å². The Morgan fingerprint density at radius 3 is 2.74 bits per heavy atom. The molecule has 1 heterocycles. The molecule has 0 amide bonds. The Labute approximate surface area is 115 Å². The van der Waals surface area contributed by atoms with E-state index in [1.807, 2.05) is 18.2 Å². The number of anilines is 1. The average molecular weight is 264 g/mol. The summed E-state index contributed by atoms with van der Waals surface area (Å²) < 4.78 is 10.9. The third-order valence-corrected chi connectivity index (χ3v) is 3.54. The molecular formula is C15H24N2O2. The topological polar surface area (TPSA) is 47.7 Å². The van der Waals surface area contributed by atoms with Gasteiger partial charge < -0.3 is 20.1 Å². The van der Waals surface area contributed by atoms with Gasteiger partial charge in [0.25, 0.3) is 0 Å². The minimum atomic E-state index is 0.642. The van der Waals surface area contributed by atoms with Crippen molar-refractivity contribution in [1.82, 2.24) is 4.90 Å². The highest BCUT2D eigenvalue weighted by molar-refractivity contribution is 5.55. The molecule has 0 saturated carbocycles. The summed E-state index contributed by atoms with van der Waals surface area (Å²) in [7, 11) is 1.62. The maximum atomic E-state index is 5.77. The van der Waals surface area contributed by atoms with Gasteiger partial charge in [0.1, 0.15) is 11.5 Å². The van der Waals surface area contributed by atoms with Gasteiger partial charge in [0.2, 0.25) is 0 Å². The second-order valence-corrected chi connectivity index (χ2v) is 5.01. The van der Waals surface area contributed by atoms with Gasteiger partial charge in [0, 0.05) is 12.6 Å². The highest BCUT2D eigenvalue weighted by Crippen LogP contribution is 2.26. The average Bonchev–Trinajstić information content (AvgIpc) is 2.46. The first-order valence-electron chi connectivity index (χ1n) is 7.08. The fourth-order valence-electron chi connectivity index (χ4n) is 2.44. The van der Waals surface area contributed by atoms with Crippen LogP contribution >= 0.6 is 0 Å². The lowest BCUT2D eigenvalue weighted by atomic mass is 10.1. The van der Waals surface area contributed by atoms with Gasteiger partial charge in [-0.05, 0) is 44.5 Å². The van der Waals surface area contributed by atoms with E-state index in [-0.39, 0.29) is 0 Å². The minimum absolute atomic E-state index is 0.642. The smallest absolute Gasteiger partial charge is 0.145 e. The van der Waals surface area contributed by atoms with E-state index in [1.165, 1.54) is 32.4 Å². The molecule has 19 heavy (non-hydrogen) atoms. The Morgan fingerprint density at radius 1 is 1.21 bits per heavy atom. The van der Waals surface area contributed by atoms with Crippen molar-refractivity contribution in [3.05, 3.63) is 18.2 Å². The van der Waals surface area contributed by atoms with E-state index < -0.39 is 0 Å². The number of nitrogens with zero attached hydrogens (tertiary/aromatic N) is 1. The van der Waals surface area contributed by atoms with Crippen LogP contribution in [0.15, 0.2) is 18.2 Å². The number of ether oxygens (including phenoxy) is 2. The number of hydrogen-bond donors (Lipinski definition) is 1. The van der Waals surface area contributed by atoms with Crippen molar-refractivity contribution in [1.29, 1.82) is 0 Å². The molecule has 2 rings (SSSR count). The van der Waals surface area contributed by atoms with Crippen LogP contribution in [-0.2, 0) is 0 Å². The molecule has 0 spiro atoms. The number of nitrogen functional groups attached to an aromatic ring is 1. The molecule has 1 saturated heterocycles. The van der Waals surface area contributed by atoms with Gasteiger partial charge >= 0.3 is 0 Å². The lowest BCUT2D eigenvalue weighted by Crippen LogP contribution is -2.31. The van der Waals surface area contributed by atoms with E-state index in [0.717, 1.165) is 25.3 Å². The van der Waals surface area contributed by atoms with Crippen LogP contribution in [0.2, 0.25) is 0 Å². The maximum Gasteiger partial charge on any atom is 0.145 e. The molecule has 1 fully saturated rings. The van der Waals surface area contributed by atoms with Crippen LogP contribution in [0.4, 0.5) is 5.69 Å². The van der Waals surface area contributed by atoms with Gasteiger partial charge in [-0.25, -0.2) is 0 Å². The zero-order chi connectivity index (χ0) is 13.5. The number of likely N-dealkylation sites (tertiary alicyclic amines) is 1. The Balaban J connectivity index is 1.70. The Kier molecular flexibility index (Phi) is 5.33. The largest absolute Gasteiger partial charge is 0.494 e. The van der Waals surface area contributed by atoms with Gasteiger partial charge in [-0.3, -0.25) is 0 Å². The number of nitrogens with two attached hydrogens (primary N) is 1. The van der Waals surface area contributed by atoms with Crippen LogP contribution in [0.5, 0.6) is 11.5 Å². The van der Waals surface area contributed by atoms with Crippen molar-refractivity contribution < 1.29 is 9.47 Å². The molecule has 4 heteroatoms. The van der Waals surface area contributed by atoms with Crippen molar-refractivity contribution in [3.8, 4) is 11.5 Å². The maximum absolute atomic E-state index is 5.77. The molecule has 0 unspecified atom stereocenters. The molecule has 0 aliphatic carbocycles. The van der Waals surface area contributed by atoms with E-state index >= 15 is 0 Å². The van der Waals surface area contributed by atoms with Gasteiger partial charge in [-0.1, -0.05) is 6.42 Å². The molecular weight excluding hydrogens is 240 g/mol. The molecule has 2 N–H and O–H groups in total. The highest BCUT2D eigenvalue weighted by Gasteiger charge is 2.09. The molecule has 106 valence electrons. The van der Waals surface area contributed by atoms with Crippen molar-refractivity contribution in [2.24, 2.45) is 0 Å². The number of hydrogen-bond acceptors (Lipinski definition) is 4. The number of benzene rings is 1. The summed E-state index contributed by atoms with van der Waals surface area (Å²) in [6.07, 6.45) is 5.14. The summed E-state index contributed by atoms with van der Waals surface area (Å²) in [6, 6.07) is 5.55. The molecule has 0 bridgehead atoms. The summed E-state index contributed by atoms with van der Waals surface area (Å²) >= 11 is 0. The van der Waals surface area contributed by atoms with E-state index in [4.69, 9.17) is 15.2 Å². The molecule has 1 aliphatic rings. The molecule has 0 radical (unpaired) electrons. The summed E-state index contributed by atoms with van der Waals surface area (Å²) in [5, 5.41) is 0. The quantitative estimate of drug-likeness (QED) is 0.633. The van der Waals surface area contributed by atoms with E-state index in [9.17, 15) is 0 Å². The first-order valence-corrected chi connectivity index (χ1v) is 7.08. The SMILES string of the molecule is COc1cc(OCCCN2CCCCC2)ccc1N. The molecule has 0 aromatic heterocycles. The van der Waals surface area contributed by atoms with Gasteiger partial charge in [0.05, 0.1) is 19.4 Å².